The van der Waals surface area contributed by atoms with Crippen LogP contribution in [0.1, 0.15) is 22.8 Å². The molecule has 0 fully saturated rings. The Bertz CT molecular complexity index is 1050. The highest BCUT2D eigenvalue weighted by molar-refractivity contribution is 7.92. The summed E-state index contributed by atoms with van der Waals surface area (Å²) in [6, 6.07) is 22.1. The Labute approximate surface area is 159 Å². The van der Waals surface area contributed by atoms with Crippen LogP contribution >= 0.6 is 0 Å². The summed E-state index contributed by atoms with van der Waals surface area (Å²) in [6.45, 7) is 2.01. The summed E-state index contributed by atoms with van der Waals surface area (Å²) in [5.74, 6) is -0.354. The molecule has 0 spiro atoms. The average molecular weight is 380 g/mol. The third kappa shape index (κ3) is 4.54. The van der Waals surface area contributed by atoms with E-state index in [0.717, 1.165) is 17.7 Å². The molecule has 0 aliphatic rings. The lowest BCUT2D eigenvalue weighted by atomic mass is 10.1. The topological polar surface area (TPSA) is 75.3 Å². The molecule has 0 atom stereocenters. The van der Waals surface area contributed by atoms with Crippen LogP contribution < -0.4 is 10.0 Å². The summed E-state index contributed by atoms with van der Waals surface area (Å²) >= 11 is 0. The molecule has 5 nitrogen and oxygen atoms in total. The highest BCUT2D eigenvalue weighted by atomic mass is 32.2. The fourth-order valence-corrected chi connectivity index (χ4v) is 3.77. The van der Waals surface area contributed by atoms with Gasteiger partial charge in [0.15, 0.2) is 0 Å². The predicted octanol–water partition coefficient (Wildman–Crippen LogP) is 4.30. The van der Waals surface area contributed by atoms with E-state index in [1.807, 2.05) is 31.2 Å². The number of hydrogen-bond acceptors (Lipinski definition) is 3. The van der Waals surface area contributed by atoms with Crippen LogP contribution in [0.3, 0.4) is 0 Å². The molecule has 3 aromatic rings. The number of sulfonamides is 1. The van der Waals surface area contributed by atoms with E-state index >= 15 is 0 Å². The monoisotopic (exact) mass is 380 g/mol. The first-order valence-corrected chi connectivity index (χ1v) is 10.0. The van der Waals surface area contributed by atoms with Crippen molar-refractivity contribution in [1.29, 1.82) is 0 Å². The van der Waals surface area contributed by atoms with Gasteiger partial charge in [0.05, 0.1) is 4.90 Å². The lowest BCUT2D eigenvalue weighted by Gasteiger charge is -2.11. The van der Waals surface area contributed by atoms with Crippen molar-refractivity contribution < 1.29 is 13.2 Å². The molecule has 0 aliphatic carbocycles. The van der Waals surface area contributed by atoms with Gasteiger partial charge in [0, 0.05) is 16.9 Å². The SMILES string of the molecule is CCc1ccccc1NC(=O)c1cccc(S(=O)(=O)Nc2ccccc2)c1. The van der Waals surface area contributed by atoms with E-state index in [1.165, 1.54) is 12.1 Å². The first-order valence-electron chi connectivity index (χ1n) is 8.57. The smallest absolute Gasteiger partial charge is 0.261 e. The van der Waals surface area contributed by atoms with Crippen molar-refractivity contribution in [3.8, 4) is 0 Å². The van der Waals surface area contributed by atoms with Crippen LogP contribution in [0.2, 0.25) is 0 Å². The highest BCUT2D eigenvalue weighted by Crippen LogP contribution is 2.19. The molecule has 0 heterocycles. The van der Waals surface area contributed by atoms with Gasteiger partial charge in [0.25, 0.3) is 15.9 Å². The molecule has 6 heteroatoms. The molecule has 0 aromatic heterocycles. The summed E-state index contributed by atoms with van der Waals surface area (Å²) in [4.78, 5) is 12.6. The number of nitrogens with one attached hydrogen (secondary N) is 2. The molecule has 138 valence electrons. The van der Waals surface area contributed by atoms with Crippen molar-refractivity contribution in [3.63, 3.8) is 0 Å². The molecular formula is C21H20N2O3S. The van der Waals surface area contributed by atoms with Crippen molar-refractivity contribution in [3.05, 3.63) is 90.0 Å². The van der Waals surface area contributed by atoms with E-state index < -0.39 is 10.0 Å². The molecule has 0 unspecified atom stereocenters. The molecule has 0 bridgehead atoms. The van der Waals surface area contributed by atoms with Crippen LogP contribution in [-0.2, 0) is 16.4 Å². The zero-order valence-corrected chi connectivity index (χ0v) is 15.7. The van der Waals surface area contributed by atoms with Gasteiger partial charge in [-0.15, -0.1) is 0 Å². The fraction of sp³-hybridized carbons (Fsp3) is 0.0952. The van der Waals surface area contributed by atoms with Crippen LogP contribution in [0.25, 0.3) is 0 Å². The van der Waals surface area contributed by atoms with Gasteiger partial charge in [-0.05, 0) is 48.4 Å². The highest BCUT2D eigenvalue weighted by Gasteiger charge is 2.17. The van der Waals surface area contributed by atoms with Gasteiger partial charge < -0.3 is 5.32 Å². The summed E-state index contributed by atoms with van der Waals surface area (Å²) < 4.78 is 27.7. The normalized spacial score (nSPS) is 11.0. The standard InChI is InChI=1S/C21H20N2O3S/c1-2-16-9-6-7-14-20(16)22-21(24)17-10-8-13-19(15-17)27(25,26)23-18-11-4-3-5-12-18/h3-15,23H,2H2,1H3,(H,22,24). The Kier molecular flexibility index (Phi) is 5.57. The summed E-state index contributed by atoms with van der Waals surface area (Å²) in [7, 11) is -3.79. The van der Waals surface area contributed by atoms with Crippen molar-refractivity contribution in [2.75, 3.05) is 10.0 Å². The zero-order valence-electron chi connectivity index (χ0n) is 14.8. The van der Waals surface area contributed by atoms with Crippen molar-refractivity contribution >= 4 is 27.3 Å². The predicted molar refractivity (Wildman–Crippen MR) is 107 cm³/mol. The van der Waals surface area contributed by atoms with Gasteiger partial charge >= 0.3 is 0 Å². The first kappa shape index (κ1) is 18.7. The minimum Gasteiger partial charge on any atom is -0.322 e. The maximum Gasteiger partial charge on any atom is 0.261 e. The molecule has 2 N–H and O–H groups in total. The Balaban J connectivity index is 1.83. The molecule has 0 aliphatic heterocycles. The van der Waals surface area contributed by atoms with E-state index in [1.54, 1.807) is 42.5 Å². The summed E-state index contributed by atoms with van der Waals surface area (Å²) in [5.41, 5.74) is 2.47. The molecule has 27 heavy (non-hydrogen) atoms. The number of rotatable bonds is 6. The van der Waals surface area contributed by atoms with Crippen LogP contribution in [-0.4, -0.2) is 14.3 Å². The number of anilines is 2. The first-order chi connectivity index (χ1) is 13.0. The Hall–Kier alpha value is -3.12. The minimum absolute atomic E-state index is 0.0304. The number of aryl methyl sites for hydroxylation is 1. The average Bonchev–Trinajstić information content (AvgIpc) is 2.69. The Morgan fingerprint density at radius 1 is 0.889 bits per heavy atom. The van der Waals surface area contributed by atoms with Gasteiger partial charge in [0.1, 0.15) is 0 Å². The lowest BCUT2D eigenvalue weighted by Crippen LogP contribution is -2.16. The summed E-state index contributed by atoms with van der Waals surface area (Å²) in [6.07, 6.45) is 0.784. The number of carbonyl (C=O) groups excluding carboxylic acids is 1. The van der Waals surface area contributed by atoms with Gasteiger partial charge in [-0.25, -0.2) is 8.42 Å². The minimum atomic E-state index is -3.79. The van der Waals surface area contributed by atoms with Crippen LogP contribution in [0.4, 0.5) is 11.4 Å². The maximum atomic E-state index is 12.6. The van der Waals surface area contributed by atoms with Crippen molar-refractivity contribution in [2.45, 2.75) is 18.2 Å². The molecule has 0 saturated carbocycles. The third-order valence-electron chi connectivity index (χ3n) is 4.08. The largest absolute Gasteiger partial charge is 0.322 e. The van der Waals surface area contributed by atoms with Gasteiger partial charge in [-0.1, -0.05) is 49.4 Å². The molecular weight excluding hydrogens is 360 g/mol. The van der Waals surface area contributed by atoms with Crippen LogP contribution in [0.5, 0.6) is 0 Å². The van der Waals surface area contributed by atoms with E-state index in [-0.39, 0.29) is 16.4 Å². The molecule has 3 rings (SSSR count). The zero-order chi connectivity index (χ0) is 19.3. The second kappa shape index (κ2) is 8.05. The molecule has 0 radical (unpaired) electrons. The quantitative estimate of drug-likeness (QED) is 0.669. The number of carbonyl (C=O) groups is 1. The number of para-hydroxylation sites is 2. The Morgan fingerprint density at radius 2 is 1.59 bits per heavy atom. The van der Waals surface area contributed by atoms with E-state index in [2.05, 4.69) is 10.0 Å². The van der Waals surface area contributed by atoms with E-state index in [9.17, 15) is 13.2 Å². The number of hydrogen-bond donors (Lipinski definition) is 2. The van der Waals surface area contributed by atoms with Crippen LogP contribution in [0, 0.1) is 0 Å². The third-order valence-corrected chi connectivity index (χ3v) is 5.46. The Morgan fingerprint density at radius 3 is 2.33 bits per heavy atom. The van der Waals surface area contributed by atoms with Gasteiger partial charge in [-0.3, -0.25) is 9.52 Å². The van der Waals surface area contributed by atoms with Crippen molar-refractivity contribution in [2.24, 2.45) is 0 Å². The second-order valence-corrected chi connectivity index (χ2v) is 7.65. The maximum absolute atomic E-state index is 12.6. The number of benzene rings is 3. The van der Waals surface area contributed by atoms with Gasteiger partial charge in [-0.2, -0.15) is 0 Å². The van der Waals surface area contributed by atoms with E-state index in [0.29, 0.717) is 5.69 Å². The van der Waals surface area contributed by atoms with Crippen molar-refractivity contribution in [1.82, 2.24) is 0 Å². The second-order valence-electron chi connectivity index (χ2n) is 5.96. The molecule has 3 aromatic carbocycles. The summed E-state index contributed by atoms with van der Waals surface area (Å²) in [5, 5.41) is 2.85. The van der Waals surface area contributed by atoms with Crippen LogP contribution in [0.15, 0.2) is 83.8 Å². The number of amides is 1. The molecule has 1 amide bonds. The van der Waals surface area contributed by atoms with E-state index in [4.69, 9.17) is 0 Å². The fourth-order valence-electron chi connectivity index (χ4n) is 2.67. The lowest BCUT2D eigenvalue weighted by molar-refractivity contribution is 0.102. The van der Waals surface area contributed by atoms with Gasteiger partial charge in [0.2, 0.25) is 0 Å². The molecule has 0 saturated heterocycles.